The molecule has 0 bridgehead atoms. The van der Waals surface area contributed by atoms with E-state index in [1.54, 1.807) is 6.07 Å². The summed E-state index contributed by atoms with van der Waals surface area (Å²) in [5.41, 5.74) is 2.78. The van der Waals surface area contributed by atoms with Crippen molar-refractivity contribution in [2.75, 3.05) is 13.1 Å². The molecule has 0 aliphatic carbocycles. The van der Waals surface area contributed by atoms with Gasteiger partial charge in [0.2, 0.25) is 0 Å². The van der Waals surface area contributed by atoms with Gasteiger partial charge in [0.05, 0.1) is 6.04 Å². The molecule has 0 saturated carbocycles. The van der Waals surface area contributed by atoms with E-state index in [-0.39, 0.29) is 5.54 Å². The maximum Gasteiger partial charge on any atom is 0.163 e. The number of hydrogen-bond acceptors (Lipinski definition) is 3. The summed E-state index contributed by atoms with van der Waals surface area (Å²) in [6.07, 6.45) is 3.94. The standard InChI is InChI=1S/C16H25F2N3/c1-3-16(4-2,21-10-5-6-11-21)15(20-19)12-8-7-9-13(17)14(12)18/h7-9,15,20H,3-6,10-11,19H2,1-2H3. The summed E-state index contributed by atoms with van der Waals surface area (Å²) in [6, 6.07) is 3.88. The summed E-state index contributed by atoms with van der Waals surface area (Å²) in [4.78, 5) is 2.38. The molecule has 1 unspecified atom stereocenters. The zero-order valence-electron chi connectivity index (χ0n) is 12.8. The van der Waals surface area contributed by atoms with Crippen LogP contribution in [0, 0.1) is 11.6 Å². The van der Waals surface area contributed by atoms with Crippen molar-refractivity contribution in [1.82, 2.24) is 10.3 Å². The van der Waals surface area contributed by atoms with Gasteiger partial charge in [-0.1, -0.05) is 26.0 Å². The van der Waals surface area contributed by atoms with E-state index in [2.05, 4.69) is 24.2 Å². The highest BCUT2D eigenvalue weighted by molar-refractivity contribution is 5.26. The minimum Gasteiger partial charge on any atom is -0.296 e. The van der Waals surface area contributed by atoms with Crippen molar-refractivity contribution in [3.05, 3.63) is 35.4 Å². The quantitative estimate of drug-likeness (QED) is 0.626. The van der Waals surface area contributed by atoms with Gasteiger partial charge in [-0.25, -0.2) is 8.78 Å². The molecule has 1 saturated heterocycles. The molecule has 1 aromatic carbocycles. The first-order chi connectivity index (χ1) is 10.1. The highest BCUT2D eigenvalue weighted by Gasteiger charge is 2.43. The lowest BCUT2D eigenvalue weighted by atomic mass is 9.79. The van der Waals surface area contributed by atoms with E-state index in [0.717, 1.165) is 44.8 Å². The second-order valence-corrected chi connectivity index (χ2v) is 5.75. The Balaban J connectivity index is 2.46. The van der Waals surface area contributed by atoms with Crippen LogP contribution >= 0.6 is 0 Å². The Bertz CT molecular complexity index is 469. The molecule has 1 aromatic rings. The summed E-state index contributed by atoms with van der Waals surface area (Å²) in [5, 5.41) is 0. The molecule has 21 heavy (non-hydrogen) atoms. The van der Waals surface area contributed by atoms with Crippen molar-refractivity contribution in [2.24, 2.45) is 5.84 Å². The molecule has 2 rings (SSSR count). The molecule has 0 spiro atoms. The van der Waals surface area contributed by atoms with Crippen molar-refractivity contribution in [1.29, 1.82) is 0 Å². The van der Waals surface area contributed by atoms with Crippen LogP contribution in [0.1, 0.15) is 51.1 Å². The molecular weight excluding hydrogens is 272 g/mol. The first-order valence-electron chi connectivity index (χ1n) is 7.75. The number of hydrazine groups is 1. The summed E-state index contributed by atoms with van der Waals surface area (Å²) in [5.74, 6) is 4.14. The SMILES string of the molecule is CCC(CC)(C(NN)c1cccc(F)c1F)N1CCCC1. The van der Waals surface area contributed by atoms with Crippen molar-refractivity contribution < 1.29 is 8.78 Å². The monoisotopic (exact) mass is 297 g/mol. The van der Waals surface area contributed by atoms with Crippen LogP contribution in [0.5, 0.6) is 0 Å². The lowest BCUT2D eigenvalue weighted by Gasteiger charge is -2.46. The number of nitrogens with two attached hydrogens (primary N) is 1. The molecule has 0 aromatic heterocycles. The Morgan fingerprint density at radius 3 is 2.38 bits per heavy atom. The zero-order chi connectivity index (χ0) is 15.5. The van der Waals surface area contributed by atoms with E-state index >= 15 is 0 Å². The van der Waals surface area contributed by atoms with Crippen LogP contribution in [-0.2, 0) is 0 Å². The average Bonchev–Trinajstić information content (AvgIpc) is 3.03. The highest BCUT2D eigenvalue weighted by atomic mass is 19.2. The van der Waals surface area contributed by atoms with Gasteiger partial charge in [0.1, 0.15) is 0 Å². The second-order valence-electron chi connectivity index (χ2n) is 5.75. The largest absolute Gasteiger partial charge is 0.296 e. The van der Waals surface area contributed by atoms with Crippen LogP contribution in [0.3, 0.4) is 0 Å². The van der Waals surface area contributed by atoms with Gasteiger partial charge in [-0.2, -0.15) is 0 Å². The van der Waals surface area contributed by atoms with E-state index in [1.807, 2.05) is 0 Å². The minimum atomic E-state index is -0.824. The average molecular weight is 297 g/mol. The van der Waals surface area contributed by atoms with Gasteiger partial charge in [0.15, 0.2) is 11.6 Å². The van der Waals surface area contributed by atoms with Crippen molar-refractivity contribution in [2.45, 2.75) is 51.1 Å². The Hall–Kier alpha value is -1.04. The van der Waals surface area contributed by atoms with Gasteiger partial charge in [-0.15, -0.1) is 0 Å². The van der Waals surface area contributed by atoms with E-state index in [4.69, 9.17) is 5.84 Å². The molecule has 0 amide bonds. The van der Waals surface area contributed by atoms with Gasteiger partial charge < -0.3 is 0 Å². The van der Waals surface area contributed by atoms with E-state index in [1.165, 1.54) is 6.07 Å². The van der Waals surface area contributed by atoms with Gasteiger partial charge in [0, 0.05) is 11.1 Å². The van der Waals surface area contributed by atoms with Crippen molar-refractivity contribution in [3.63, 3.8) is 0 Å². The highest BCUT2D eigenvalue weighted by Crippen LogP contribution is 2.40. The third-order valence-electron chi connectivity index (χ3n) is 4.96. The number of likely N-dealkylation sites (tertiary alicyclic amines) is 1. The van der Waals surface area contributed by atoms with E-state index in [0.29, 0.717) is 5.56 Å². The molecule has 3 N–H and O–H groups in total. The molecule has 5 heteroatoms. The first-order valence-corrected chi connectivity index (χ1v) is 7.75. The van der Waals surface area contributed by atoms with Gasteiger partial charge in [-0.3, -0.25) is 16.2 Å². The molecule has 1 aliphatic heterocycles. The van der Waals surface area contributed by atoms with Crippen LogP contribution < -0.4 is 11.3 Å². The summed E-state index contributed by atoms with van der Waals surface area (Å²) >= 11 is 0. The summed E-state index contributed by atoms with van der Waals surface area (Å²) < 4.78 is 27.8. The predicted molar refractivity (Wildman–Crippen MR) is 80.5 cm³/mol. The third kappa shape index (κ3) is 2.82. The maximum atomic E-state index is 14.2. The lowest BCUT2D eigenvalue weighted by molar-refractivity contribution is 0.0600. The van der Waals surface area contributed by atoms with Crippen molar-refractivity contribution in [3.8, 4) is 0 Å². The molecule has 1 fully saturated rings. The number of benzene rings is 1. The van der Waals surface area contributed by atoms with Gasteiger partial charge >= 0.3 is 0 Å². The topological polar surface area (TPSA) is 41.3 Å². The molecular formula is C16H25F2N3. The molecule has 118 valence electrons. The fourth-order valence-electron chi connectivity index (χ4n) is 3.73. The van der Waals surface area contributed by atoms with Crippen LogP contribution in [0.15, 0.2) is 18.2 Å². The Morgan fingerprint density at radius 2 is 1.86 bits per heavy atom. The molecule has 3 nitrogen and oxygen atoms in total. The summed E-state index contributed by atoms with van der Waals surface area (Å²) in [7, 11) is 0. The number of nitrogens with zero attached hydrogens (tertiary/aromatic N) is 1. The summed E-state index contributed by atoms with van der Waals surface area (Å²) in [6.45, 7) is 6.14. The molecule has 0 radical (unpaired) electrons. The molecule has 1 heterocycles. The number of halogens is 2. The Morgan fingerprint density at radius 1 is 1.24 bits per heavy atom. The zero-order valence-corrected chi connectivity index (χ0v) is 12.8. The normalized spacial score (nSPS) is 18.1. The van der Waals surface area contributed by atoms with Crippen LogP contribution in [0.4, 0.5) is 8.78 Å². The van der Waals surface area contributed by atoms with Crippen molar-refractivity contribution >= 4 is 0 Å². The number of rotatable bonds is 6. The predicted octanol–water partition coefficient (Wildman–Crippen LogP) is 3.12. The van der Waals surface area contributed by atoms with Crippen LogP contribution in [0.2, 0.25) is 0 Å². The first kappa shape index (κ1) is 16.3. The lowest BCUT2D eigenvalue weighted by Crippen LogP contribution is -2.56. The van der Waals surface area contributed by atoms with E-state index in [9.17, 15) is 8.78 Å². The van der Waals surface area contributed by atoms with Crippen LogP contribution in [-0.4, -0.2) is 23.5 Å². The smallest absolute Gasteiger partial charge is 0.163 e. The van der Waals surface area contributed by atoms with Crippen LogP contribution in [0.25, 0.3) is 0 Å². The Kier molecular flexibility index (Phi) is 5.30. The molecule has 1 aliphatic rings. The fraction of sp³-hybridized carbons (Fsp3) is 0.625. The minimum absolute atomic E-state index is 0.292. The fourth-order valence-corrected chi connectivity index (χ4v) is 3.73. The van der Waals surface area contributed by atoms with E-state index < -0.39 is 17.7 Å². The number of nitrogens with one attached hydrogen (secondary N) is 1. The second kappa shape index (κ2) is 6.81. The maximum absolute atomic E-state index is 14.2. The molecule has 1 atom stereocenters. The third-order valence-corrected chi connectivity index (χ3v) is 4.96. The van der Waals surface area contributed by atoms with Gasteiger partial charge in [0.25, 0.3) is 0 Å². The number of hydrogen-bond donors (Lipinski definition) is 2. The van der Waals surface area contributed by atoms with Gasteiger partial charge in [-0.05, 0) is 44.8 Å². The Labute approximate surface area is 125 Å².